The summed E-state index contributed by atoms with van der Waals surface area (Å²) in [5.74, 6) is 0. The van der Waals surface area contributed by atoms with Crippen LogP contribution in [0.1, 0.15) is 6.42 Å². The topological polar surface area (TPSA) is 26.1 Å². The van der Waals surface area contributed by atoms with Gasteiger partial charge in [0.25, 0.3) is 0 Å². The Balaban J connectivity index is 2.30. The molecule has 0 atom stereocenters. The fourth-order valence-electron chi connectivity index (χ4n) is 1.16. The van der Waals surface area contributed by atoms with Crippen LogP contribution in [-0.2, 0) is 0 Å². The lowest BCUT2D eigenvalue weighted by atomic mass is 10.1. The average molecular weight is 133 g/mol. The van der Waals surface area contributed by atoms with Crippen molar-refractivity contribution in [3.8, 4) is 0 Å². The van der Waals surface area contributed by atoms with Gasteiger partial charge in [-0.05, 0) is 12.0 Å². The zero-order valence-corrected chi connectivity index (χ0v) is 5.67. The summed E-state index contributed by atoms with van der Waals surface area (Å²) in [6, 6.07) is 0. The first-order valence-corrected chi connectivity index (χ1v) is 3.45. The van der Waals surface area contributed by atoms with E-state index in [1.807, 2.05) is 12.4 Å². The molecule has 10 heavy (non-hydrogen) atoms. The SMILES string of the molecule is C1=C[N]C2=CNCC=C2C1. The first-order valence-electron chi connectivity index (χ1n) is 3.45. The van der Waals surface area contributed by atoms with E-state index in [4.69, 9.17) is 0 Å². The molecule has 0 aromatic rings. The molecule has 1 N–H and O–H groups in total. The van der Waals surface area contributed by atoms with Crippen molar-refractivity contribution in [1.82, 2.24) is 10.6 Å². The minimum atomic E-state index is 0.947. The van der Waals surface area contributed by atoms with Crippen molar-refractivity contribution in [2.75, 3.05) is 6.54 Å². The molecule has 51 valence electrons. The molecule has 2 aliphatic heterocycles. The number of rotatable bonds is 0. The van der Waals surface area contributed by atoms with Crippen molar-refractivity contribution in [2.45, 2.75) is 6.42 Å². The Hall–Kier alpha value is -1.18. The second-order valence-electron chi connectivity index (χ2n) is 2.39. The lowest BCUT2D eigenvalue weighted by molar-refractivity contribution is 0.856. The number of nitrogens with one attached hydrogen (secondary N) is 1. The Kier molecular flexibility index (Phi) is 1.24. The van der Waals surface area contributed by atoms with Crippen LogP contribution in [0, 0.1) is 0 Å². The molecule has 2 heterocycles. The largest absolute Gasteiger partial charge is 0.386 e. The third-order valence-electron chi connectivity index (χ3n) is 1.69. The smallest absolute Gasteiger partial charge is 0.0818 e. The van der Waals surface area contributed by atoms with Crippen LogP contribution in [0.3, 0.4) is 0 Å². The summed E-state index contributed by atoms with van der Waals surface area (Å²) < 4.78 is 0. The summed E-state index contributed by atoms with van der Waals surface area (Å²) in [4.78, 5) is 0. The van der Waals surface area contributed by atoms with Crippen LogP contribution in [0.4, 0.5) is 0 Å². The van der Waals surface area contributed by atoms with Crippen LogP contribution in [0.2, 0.25) is 0 Å². The van der Waals surface area contributed by atoms with Crippen LogP contribution >= 0.6 is 0 Å². The highest BCUT2D eigenvalue weighted by Crippen LogP contribution is 2.18. The molecule has 1 radical (unpaired) electrons. The number of nitrogens with zero attached hydrogens (tertiary/aromatic N) is 1. The minimum absolute atomic E-state index is 0.947. The second kappa shape index (κ2) is 2.21. The summed E-state index contributed by atoms with van der Waals surface area (Å²) in [6.07, 6.45) is 9.13. The molecule has 0 aromatic heterocycles. The summed E-state index contributed by atoms with van der Waals surface area (Å²) in [5, 5.41) is 7.32. The number of allylic oxidation sites excluding steroid dienone is 2. The Morgan fingerprint density at radius 1 is 1.50 bits per heavy atom. The number of hydrogen-bond acceptors (Lipinski definition) is 1. The predicted molar refractivity (Wildman–Crippen MR) is 40.1 cm³/mol. The van der Waals surface area contributed by atoms with Crippen molar-refractivity contribution in [1.29, 1.82) is 0 Å². The maximum absolute atomic E-state index is 4.20. The molecule has 0 fully saturated rings. The lowest BCUT2D eigenvalue weighted by Gasteiger charge is -2.16. The van der Waals surface area contributed by atoms with Gasteiger partial charge in [0.05, 0.1) is 5.70 Å². The third-order valence-corrected chi connectivity index (χ3v) is 1.69. The molecule has 2 rings (SSSR count). The quantitative estimate of drug-likeness (QED) is 0.521. The molecule has 0 bridgehead atoms. The molecule has 0 aromatic carbocycles. The zero-order chi connectivity index (χ0) is 6.81. The highest BCUT2D eigenvalue weighted by Gasteiger charge is 2.09. The van der Waals surface area contributed by atoms with Gasteiger partial charge in [-0.15, -0.1) is 0 Å². The molecular weight excluding hydrogens is 124 g/mol. The van der Waals surface area contributed by atoms with E-state index >= 15 is 0 Å². The Morgan fingerprint density at radius 2 is 2.50 bits per heavy atom. The monoisotopic (exact) mass is 133 g/mol. The average Bonchev–Trinajstić information content (AvgIpc) is 2.05. The van der Waals surface area contributed by atoms with Gasteiger partial charge < -0.3 is 5.32 Å². The van der Waals surface area contributed by atoms with Crippen LogP contribution < -0.4 is 10.6 Å². The van der Waals surface area contributed by atoms with Gasteiger partial charge in [-0.1, -0.05) is 12.2 Å². The standard InChI is InChI=1S/C8H9N2/c1-2-7-3-5-9-6-8(7)10-4-1/h1,3-4,6,9H,2,5H2. The van der Waals surface area contributed by atoms with Crippen molar-refractivity contribution in [3.63, 3.8) is 0 Å². The van der Waals surface area contributed by atoms with Crippen molar-refractivity contribution in [2.24, 2.45) is 0 Å². The van der Waals surface area contributed by atoms with Crippen LogP contribution in [0.5, 0.6) is 0 Å². The highest BCUT2D eigenvalue weighted by atomic mass is 14.9. The second-order valence-corrected chi connectivity index (χ2v) is 2.39. The first-order chi connectivity index (χ1) is 4.97. The molecule has 0 saturated heterocycles. The summed E-state index contributed by atoms with van der Waals surface area (Å²) in [5.41, 5.74) is 2.44. The number of dihydropyridines is 1. The maximum atomic E-state index is 4.20. The molecule has 2 heteroatoms. The van der Waals surface area contributed by atoms with Gasteiger partial charge in [0.2, 0.25) is 0 Å². The van der Waals surface area contributed by atoms with E-state index in [1.54, 1.807) is 0 Å². The van der Waals surface area contributed by atoms with E-state index in [0.29, 0.717) is 0 Å². The van der Waals surface area contributed by atoms with E-state index in [-0.39, 0.29) is 0 Å². The molecule has 0 aliphatic carbocycles. The molecule has 0 unspecified atom stereocenters. The zero-order valence-electron chi connectivity index (χ0n) is 5.67. The van der Waals surface area contributed by atoms with E-state index < -0.39 is 0 Å². The molecule has 0 spiro atoms. The maximum Gasteiger partial charge on any atom is 0.0818 e. The van der Waals surface area contributed by atoms with Crippen molar-refractivity contribution < 1.29 is 0 Å². The van der Waals surface area contributed by atoms with Gasteiger partial charge in [-0.2, -0.15) is 0 Å². The normalized spacial score (nSPS) is 21.6. The van der Waals surface area contributed by atoms with E-state index in [2.05, 4.69) is 22.8 Å². The molecule has 2 nitrogen and oxygen atoms in total. The van der Waals surface area contributed by atoms with Crippen molar-refractivity contribution >= 4 is 0 Å². The summed E-state index contributed by atoms with van der Waals surface area (Å²) in [7, 11) is 0. The summed E-state index contributed by atoms with van der Waals surface area (Å²) in [6.45, 7) is 0.947. The van der Waals surface area contributed by atoms with E-state index in [1.165, 1.54) is 5.57 Å². The van der Waals surface area contributed by atoms with Gasteiger partial charge in [0.1, 0.15) is 0 Å². The first kappa shape index (κ1) is 5.59. The summed E-state index contributed by atoms with van der Waals surface area (Å²) >= 11 is 0. The van der Waals surface area contributed by atoms with E-state index in [9.17, 15) is 0 Å². The highest BCUT2D eigenvalue weighted by molar-refractivity contribution is 5.36. The fourth-order valence-corrected chi connectivity index (χ4v) is 1.16. The number of fused-ring (bicyclic) bond motifs is 1. The van der Waals surface area contributed by atoms with Gasteiger partial charge in [0, 0.05) is 18.9 Å². The lowest BCUT2D eigenvalue weighted by Crippen LogP contribution is -2.17. The fraction of sp³-hybridized carbons (Fsp3) is 0.250. The third kappa shape index (κ3) is 0.817. The van der Waals surface area contributed by atoms with Gasteiger partial charge in [0.15, 0.2) is 0 Å². The Labute approximate surface area is 60.3 Å². The van der Waals surface area contributed by atoms with Gasteiger partial charge in [-0.25, -0.2) is 0 Å². The minimum Gasteiger partial charge on any atom is -0.386 e. The van der Waals surface area contributed by atoms with Crippen LogP contribution in [0.25, 0.3) is 0 Å². The van der Waals surface area contributed by atoms with Crippen LogP contribution in [0.15, 0.2) is 35.8 Å². The molecule has 0 saturated carbocycles. The Morgan fingerprint density at radius 3 is 3.40 bits per heavy atom. The molecule has 2 aliphatic rings. The van der Waals surface area contributed by atoms with Crippen molar-refractivity contribution in [3.05, 3.63) is 35.8 Å². The van der Waals surface area contributed by atoms with Gasteiger partial charge in [-0.3, -0.25) is 5.32 Å². The Bertz CT molecular complexity index is 199. The van der Waals surface area contributed by atoms with Gasteiger partial charge >= 0.3 is 0 Å². The number of hydrogen-bond donors (Lipinski definition) is 1. The molecule has 0 amide bonds. The van der Waals surface area contributed by atoms with Crippen LogP contribution in [-0.4, -0.2) is 6.54 Å². The molecular formula is C8H9N2. The van der Waals surface area contributed by atoms with E-state index in [0.717, 1.165) is 18.7 Å². The predicted octanol–water partition coefficient (Wildman–Crippen LogP) is 0.879.